The average Bonchev–Trinajstić information content (AvgIpc) is 2.82. The van der Waals surface area contributed by atoms with Crippen LogP contribution in [0.25, 0.3) is 6.08 Å². The van der Waals surface area contributed by atoms with E-state index in [1.165, 1.54) is 11.0 Å². The van der Waals surface area contributed by atoms with Crippen molar-refractivity contribution in [3.05, 3.63) is 94.5 Å². The molecule has 1 saturated heterocycles. The predicted molar refractivity (Wildman–Crippen MR) is 136 cm³/mol. The monoisotopic (exact) mass is 492 g/mol. The van der Waals surface area contributed by atoms with Crippen LogP contribution in [0.5, 0.6) is 11.5 Å². The van der Waals surface area contributed by atoms with Crippen molar-refractivity contribution in [3.63, 3.8) is 0 Å². The van der Waals surface area contributed by atoms with Crippen molar-refractivity contribution < 1.29 is 19.1 Å². The van der Waals surface area contributed by atoms with Gasteiger partial charge in [0.25, 0.3) is 11.8 Å². The summed E-state index contributed by atoms with van der Waals surface area (Å²) in [6, 6.07) is 21.5. The van der Waals surface area contributed by atoms with Gasteiger partial charge in [0.1, 0.15) is 12.2 Å². The molecule has 0 aromatic heterocycles. The van der Waals surface area contributed by atoms with Gasteiger partial charge in [-0.15, -0.1) is 0 Å². The van der Waals surface area contributed by atoms with Crippen molar-refractivity contribution >= 4 is 52.5 Å². The minimum absolute atomic E-state index is 0.0347. The van der Waals surface area contributed by atoms with Crippen molar-refractivity contribution in [1.29, 1.82) is 0 Å². The molecule has 1 N–H and O–H groups in total. The molecule has 172 valence electrons. The smallest absolute Gasteiger partial charge is 0.270 e. The van der Waals surface area contributed by atoms with E-state index in [9.17, 15) is 9.59 Å². The van der Waals surface area contributed by atoms with Gasteiger partial charge in [0.15, 0.2) is 16.6 Å². The third-order valence-electron chi connectivity index (χ3n) is 4.98. The van der Waals surface area contributed by atoms with Gasteiger partial charge in [0.05, 0.1) is 12.3 Å². The van der Waals surface area contributed by atoms with Crippen LogP contribution in [-0.4, -0.2) is 23.5 Å². The molecular weight excluding hydrogens is 472 g/mol. The number of amides is 2. The number of nitrogens with zero attached hydrogens (tertiary/aromatic N) is 1. The zero-order chi connectivity index (χ0) is 24.1. The van der Waals surface area contributed by atoms with Crippen molar-refractivity contribution in [2.75, 3.05) is 11.5 Å². The van der Waals surface area contributed by atoms with E-state index in [4.69, 9.17) is 33.3 Å². The highest BCUT2D eigenvalue weighted by atomic mass is 35.5. The molecule has 1 heterocycles. The first-order valence-corrected chi connectivity index (χ1v) is 11.4. The number of thiocarbonyl (C=S) groups is 1. The zero-order valence-corrected chi connectivity index (χ0v) is 19.9. The Labute approximate surface area is 207 Å². The van der Waals surface area contributed by atoms with Crippen LogP contribution in [0.4, 0.5) is 5.69 Å². The number of nitrogens with one attached hydrogen (secondary N) is 1. The van der Waals surface area contributed by atoms with Crippen molar-refractivity contribution in [2.45, 2.75) is 13.5 Å². The highest BCUT2D eigenvalue weighted by Crippen LogP contribution is 2.31. The number of para-hydroxylation sites is 1. The van der Waals surface area contributed by atoms with E-state index in [2.05, 4.69) is 5.32 Å². The van der Waals surface area contributed by atoms with Crippen LogP contribution >= 0.6 is 23.8 Å². The SMILES string of the molecule is CCOc1cc(/C=C2/C(=O)NC(=S)N(c3ccccc3)C2=O)ccc1OCc1cccc(Cl)c1. The number of carbonyl (C=O) groups is 2. The topological polar surface area (TPSA) is 67.9 Å². The Hall–Kier alpha value is -3.68. The largest absolute Gasteiger partial charge is 0.490 e. The van der Waals surface area contributed by atoms with E-state index in [-0.39, 0.29) is 10.7 Å². The molecule has 8 heteroatoms. The van der Waals surface area contributed by atoms with Crippen LogP contribution in [0.1, 0.15) is 18.1 Å². The molecule has 0 aliphatic carbocycles. The molecule has 0 atom stereocenters. The summed E-state index contributed by atoms with van der Waals surface area (Å²) in [5.74, 6) is -0.0194. The van der Waals surface area contributed by atoms with Crippen molar-refractivity contribution in [3.8, 4) is 11.5 Å². The molecule has 2 amide bonds. The standard InChI is InChI=1S/C26H21ClN2O4S/c1-2-32-23-15-17(11-12-22(23)33-16-18-7-6-8-19(27)13-18)14-21-24(30)28-26(34)29(25(21)31)20-9-4-3-5-10-20/h3-15H,2,16H2,1H3,(H,28,30,34)/b21-14-. The Morgan fingerprint density at radius 2 is 1.76 bits per heavy atom. The molecule has 1 aliphatic rings. The molecule has 34 heavy (non-hydrogen) atoms. The van der Waals surface area contributed by atoms with E-state index in [0.29, 0.717) is 41.0 Å². The van der Waals surface area contributed by atoms with E-state index < -0.39 is 11.8 Å². The van der Waals surface area contributed by atoms with Gasteiger partial charge in [0.2, 0.25) is 0 Å². The fraction of sp³-hybridized carbons (Fsp3) is 0.115. The van der Waals surface area contributed by atoms with Crippen LogP contribution < -0.4 is 19.7 Å². The minimum Gasteiger partial charge on any atom is -0.490 e. The number of hydrogen-bond donors (Lipinski definition) is 1. The van der Waals surface area contributed by atoms with Gasteiger partial charge in [-0.25, -0.2) is 0 Å². The second-order valence-corrected chi connectivity index (χ2v) is 8.17. The van der Waals surface area contributed by atoms with Gasteiger partial charge < -0.3 is 9.47 Å². The summed E-state index contributed by atoms with van der Waals surface area (Å²) < 4.78 is 11.7. The summed E-state index contributed by atoms with van der Waals surface area (Å²) >= 11 is 11.3. The van der Waals surface area contributed by atoms with Crippen LogP contribution in [-0.2, 0) is 16.2 Å². The number of anilines is 1. The molecule has 0 saturated carbocycles. The molecule has 6 nitrogen and oxygen atoms in total. The number of ether oxygens (including phenoxy) is 2. The maximum absolute atomic E-state index is 13.2. The van der Waals surface area contributed by atoms with Gasteiger partial charge >= 0.3 is 0 Å². The number of benzene rings is 3. The number of hydrogen-bond acceptors (Lipinski definition) is 5. The molecule has 0 radical (unpaired) electrons. The lowest BCUT2D eigenvalue weighted by Gasteiger charge is -2.28. The summed E-state index contributed by atoms with van der Waals surface area (Å²) in [7, 11) is 0. The molecule has 0 unspecified atom stereocenters. The third kappa shape index (κ3) is 5.27. The minimum atomic E-state index is -0.554. The number of carbonyl (C=O) groups excluding carboxylic acids is 2. The number of rotatable bonds is 7. The molecule has 0 spiro atoms. The number of halogens is 1. The Morgan fingerprint density at radius 3 is 2.50 bits per heavy atom. The highest BCUT2D eigenvalue weighted by Gasteiger charge is 2.34. The molecule has 1 aliphatic heterocycles. The molecule has 3 aromatic carbocycles. The zero-order valence-electron chi connectivity index (χ0n) is 18.3. The Bertz CT molecular complexity index is 1280. The normalized spacial score (nSPS) is 14.8. The second kappa shape index (κ2) is 10.5. The Morgan fingerprint density at radius 1 is 0.971 bits per heavy atom. The Balaban J connectivity index is 1.61. The molecule has 1 fully saturated rings. The molecule has 0 bridgehead atoms. The van der Waals surface area contributed by atoms with E-state index >= 15 is 0 Å². The molecular formula is C26H21ClN2O4S. The van der Waals surface area contributed by atoms with Gasteiger partial charge in [-0.1, -0.05) is 48.0 Å². The summed E-state index contributed by atoms with van der Waals surface area (Å²) in [6.45, 7) is 2.59. The fourth-order valence-corrected chi connectivity index (χ4v) is 3.92. The van der Waals surface area contributed by atoms with E-state index in [0.717, 1.165) is 5.56 Å². The van der Waals surface area contributed by atoms with Gasteiger partial charge in [0, 0.05) is 5.02 Å². The van der Waals surface area contributed by atoms with Crippen molar-refractivity contribution in [1.82, 2.24) is 5.32 Å². The van der Waals surface area contributed by atoms with Gasteiger partial charge in [-0.3, -0.25) is 19.8 Å². The lowest BCUT2D eigenvalue weighted by atomic mass is 10.1. The molecule has 4 rings (SSSR count). The van der Waals surface area contributed by atoms with E-state index in [1.807, 2.05) is 31.2 Å². The van der Waals surface area contributed by atoms with Crippen LogP contribution in [0, 0.1) is 0 Å². The first-order chi connectivity index (χ1) is 16.5. The summed E-state index contributed by atoms with van der Waals surface area (Å²) in [5, 5.41) is 3.26. The first-order valence-electron chi connectivity index (χ1n) is 10.6. The lowest BCUT2D eigenvalue weighted by molar-refractivity contribution is -0.122. The van der Waals surface area contributed by atoms with E-state index in [1.54, 1.807) is 48.5 Å². The lowest BCUT2D eigenvalue weighted by Crippen LogP contribution is -2.54. The van der Waals surface area contributed by atoms with Gasteiger partial charge in [-0.2, -0.15) is 0 Å². The maximum Gasteiger partial charge on any atom is 0.270 e. The van der Waals surface area contributed by atoms with Crippen LogP contribution in [0.2, 0.25) is 5.02 Å². The van der Waals surface area contributed by atoms with Crippen LogP contribution in [0.3, 0.4) is 0 Å². The average molecular weight is 493 g/mol. The molecule has 3 aromatic rings. The fourth-order valence-electron chi connectivity index (χ4n) is 3.43. The second-order valence-electron chi connectivity index (χ2n) is 7.35. The quantitative estimate of drug-likeness (QED) is 0.281. The van der Waals surface area contributed by atoms with Crippen LogP contribution in [0.15, 0.2) is 78.4 Å². The van der Waals surface area contributed by atoms with Gasteiger partial charge in [-0.05, 0) is 72.7 Å². The third-order valence-corrected chi connectivity index (χ3v) is 5.50. The summed E-state index contributed by atoms with van der Waals surface area (Å²) in [4.78, 5) is 27.0. The summed E-state index contributed by atoms with van der Waals surface area (Å²) in [6.07, 6.45) is 1.51. The summed E-state index contributed by atoms with van der Waals surface area (Å²) in [5.41, 5.74) is 2.07. The highest BCUT2D eigenvalue weighted by molar-refractivity contribution is 7.80. The maximum atomic E-state index is 13.2. The first kappa shape index (κ1) is 23.5. The predicted octanol–water partition coefficient (Wildman–Crippen LogP) is 5.15. The Kier molecular flexibility index (Phi) is 7.25. The van der Waals surface area contributed by atoms with Crippen molar-refractivity contribution in [2.24, 2.45) is 0 Å².